The number of nitrogens with zero attached hydrogens (tertiary/aromatic N) is 2. The predicted octanol–water partition coefficient (Wildman–Crippen LogP) is 6.04. The molecular weight excluding hydrogens is 447 g/mol. The first-order valence-electron chi connectivity index (χ1n) is 11.4. The van der Waals surface area contributed by atoms with Crippen LogP contribution in [0.15, 0.2) is 89.4 Å². The fraction of sp³-hybridized carbons (Fsp3) is 0.214. The van der Waals surface area contributed by atoms with Crippen LogP contribution in [0.4, 0.5) is 4.39 Å². The first-order chi connectivity index (χ1) is 16.6. The molecule has 1 aromatic heterocycles. The number of rotatable bonds is 9. The summed E-state index contributed by atoms with van der Waals surface area (Å²) < 4.78 is 18.5. The van der Waals surface area contributed by atoms with Crippen molar-refractivity contribution >= 4 is 22.9 Å². The fourth-order valence-electron chi connectivity index (χ4n) is 4.42. The van der Waals surface area contributed by atoms with Gasteiger partial charge in [0.15, 0.2) is 5.69 Å². The summed E-state index contributed by atoms with van der Waals surface area (Å²) in [6, 6.07) is 17.1. The maximum atomic E-state index is 13.5. The van der Waals surface area contributed by atoms with Crippen LogP contribution in [-0.2, 0) is 17.8 Å². The van der Waals surface area contributed by atoms with Gasteiger partial charge in [-0.15, -0.1) is 11.3 Å². The molecule has 0 amide bonds. The number of allylic oxidation sites excluding steroid dienone is 4. The highest BCUT2D eigenvalue weighted by Crippen LogP contribution is 2.45. The van der Waals surface area contributed by atoms with Crippen LogP contribution in [0.2, 0.25) is 0 Å². The number of benzene rings is 2. The summed E-state index contributed by atoms with van der Waals surface area (Å²) in [5.41, 5.74) is 6.54. The molecule has 4 nitrogen and oxygen atoms in total. The lowest BCUT2D eigenvalue weighted by Crippen LogP contribution is -2.34. The first kappa shape index (κ1) is 22.4. The van der Waals surface area contributed by atoms with Crippen molar-refractivity contribution < 1.29 is 13.9 Å². The maximum absolute atomic E-state index is 13.5. The van der Waals surface area contributed by atoms with Crippen LogP contribution in [0.3, 0.4) is 0 Å². The van der Waals surface area contributed by atoms with Gasteiger partial charge in [-0.25, -0.2) is 14.2 Å². The molecule has 0 saturated heterocycles. The molecule has 172 valence electrons. The summed E-state index contributed by atoms with van der Waals surface area (Å²) in [6.07, 6.45) is 6.68. The van der Waals surface area contributed by atoms with Gasteiger partial charge in [-0.2, -0.15) is 0 Å². The van der Waals surface area contributed by atoms with E-state index in [-0.39, 0.29) is 5.82 Å². The van der Waals surface area contributed by atoms with Crippen molar-refractivity contribution in [3.8, 4) is 0 Å². The van der Waals surface area contributed by atoms with E-state index in [9.17, 15) is 9.18 Å². The standard InChI is InChI=1S/C28H25FN2O2S/c1-2-33-28(32)26-18-34-27(30-26)17-31(15-19-8-11-22(29)12-9-19)16-25-21-10-13-23(24(25)14-21)20-6-4-3-5-7-20/h3-14,18,25H,2,15-17H2,1H3. The number of ether oxygens (including phenoxy) is 1. The van der Waals surface area contributed by atoms with Crippen molar-refractivity contribution in [3.05, 3.63) is 117 Å². The van der Waals surface area contributed by atoms with Gasteiger partial charge in [-0.1, -0.05) is 60.7 Å². The summed E-state index contributed by atoms with van der Waals surface area (Å²) in [5, 5.41) is 2.61. The molecular formula is C28H25FN2O2S. The summed E-state index contributed by atoms with van der Waals surface area (Å²) in [5.74, 6) is -0.322. The van der Waals surface area contributed by atoms with Gasteiger partial charge in [0.1, 0.15) is 10.8 Å². The van der Waals surface area contributed by atoms with Crippen LogP contribution in [0.1, 0.15) is 33.5 Å². The van der Waals surface area contributed by atoms with Crippen LogP contribution >= 0.6 is 11.3 Å². The van der Waals surface area contributed by atoms with Crippen molar-refractivity contribution in [1.29, 1.82) is 0 Å². The van der Waals surface area contributed by atoms with Crippen LogP contribution in [0.5, 0.6) is 0 Å². The maximum Gasteiger partial charge on any atom is 0.357 e. The highest BCUT2D eigenvalue weighted by atomic mass is 32.1. The molecule has 2 bridgehead atoms. The molecule has 0 radical (unpaired) electrons. The largest absolute Gasteiger partial charge is 0.461 e. The summed E-state index contributed by atoms with van der Waals surface area (Å²) >= 11 is 1.46. The number of hydrogen-bond donors (Lipinski definition) is 0. The number of halogens is 1. The van der Waals surface area contributed by atoms with E-state index in [0.29, 0.717) is 31.3 Å². The van der Waals surface area contributed by atoms with Crippen molar-refractivity contribution in [2.45, 2.75) is 20.0 Å². The lowest BCUT2D eigenvalue weighted by Gasteiger charge is -2.38. The van der Waals surface area contributed by atoms with Crippen molar-refractivity contribution in [3.63, 3.8) is 0 Å². The molecule has 0 saturated carbocycles. The molecule has 1 unspecified atom stereocenters. The molecule has 2 aliphatic rings. The smallest absolute Gasteiger partial charge is 0.357 e. The summed E-state index contributed by atoms with van der Waals surface area (Å²) in [4.78, 5) is 18.9. The Kier molecular flexibility index (Phi) is 6.52. The number of carbonyl (C=O) groups is 1. The van der Waals surface area contributed by atoms with E-state index >= 15 is 0 Å². The predicted molar refractivity (Wildman–Crippen MR) is 133 cm³/mol. The van der Waals surface area contributed by atoms with Gasteiger partial charge in [0, 0.05) is 24.4 Å². The highest BCUT2D eigenvalue weighted by Gasteiger charge is 2.33. The van der Waals surface area contributed by atoms with Crippen LogP contribution in [-0.4, -0.2) is 29.0 Å². The molecule has 6 heteroatoms. The fourth-order valence-corrected chi connectivity index (χ4v) is 5.22. The Bertz CT molecular complexity index is 1270. The Morgan fingerprint density at radius 1 is 1.09 bits per heavy atom. The molecule has 1 heterocycles. The van der Waals surface area contributed by atoms with Crippen LogP contribution in [0, 0.1) is 11.7 Å². The lowest BCUT2D eigenvalue weighted by molar-refractivity contribution is 0.0520. The summed E-state index contributed by atoms with van der Waals surface area (Å²) in [6.45, 7) is 4.19. The van der Waals surface area contributed by atoms with E-state index in [4.69, 9.17) is 4.74 Å². The monoisotopic (exact) mass is 472 g/mol. The molecule has 0 spiro atoms. The number of thiazole rings is 1. The third kappa shape index (κ3) is 4.79. The lowest BCUT2D eigenvalue weighted by atomic mass is 9.70. The third-order valence-corrected chi connectivity index (χ3v) is 6.93. The second-order valence-electron chi connectivity index (χ2n) is 8.41. The van der Waals surface area contributed by atoms with Crippen molar-refractivity contribution in [2.75, 3.05) is 13.2 Å². The first-order valence-corrected chi connectivity index (χ1v) is 12.3. The van der Waals surface area contributed by atoms with E-state index in [2.05, 4.69) is 52.4 Å². The molecule has 0 fully saturated rings. The Morgan fingerprint density at radius 2 is 1.88 bits per heavy atom. The van der Waals surface area contributed by atoms with Crippen molar-refractivity contribution in [2.24, 2.45) is 5.92 Å². The van der Waals surface area contributed by atoms with Gasteiger partial charge >= 0.3 is 5.97 Å². The van der Waals surface area contributed by atoms with Gasteiger partial charge in [0.05, 0.1) is 13.2 Å². The molecule has 1 atom stereocenters. The highest BCUT2D eigenvalue weighted by molar-refractivity contribution is 7.09. The topological polar surface area (TPSA) is 42.4 Å². The molecule has 0 N–H and O–H groups in total. The third-order valence-electron chi connectivity index (χ3n) is 6.09. The van der Waals surface area contributed by atoms with Gasteiger partial charge in [0.25, 0.3) is 0 Å². The zero-order valence-electron chi connectivity index (χ0n) is 18.9. The van der Waals surface area contributed by atoms with E-state index in [1.807, 2.05) is 18.2 Å². The average Bonchev–Trinajstić information content (AvgIpc) is 3.33. The average molecular weight is 473 g/mol. The molecule has 5 rings (SSSR count). The second-order valence-corrected chi connectivity index (χ2v) is 9.35. The van der Waals surface area contributed by atoms with Gasteiger partial charge < -0.3 is 4.74 Å². The molecule has 2 aliphatic carbocycles. The quantitative estimate of drug-likeness (QED) is 0.356. The van der Waals surface area contributed by atoms with Crippen LogP contribution < -0.4 is 0 Å². The Hall–Kier alpha value is -3.35. The number of fused-ring (bicyclic) bond motifs is 2. The van der Waals surface area contributed by atoms with Crippen molar-refractivity contribution in [1.82, 2.24) is 9.88 Å². The minimum atomic E-state index is -0.392. The van der Waals surface area contributed by atoms with E-state index in [1.165, 1.54) is 45.8 Å². The zero-order valence-corrected chi connectivity index (χ0v) is 19.7. The minimum Gasteiger partial charge on any atom is -0.461 e. The normalized spacial score (nSPS) is 16.4. The molecule has 2 aromatic carbocycles. The second kappa shape index (κ2) is 9.87. The number of carbonyl (C=O) groups excluding carboxylic acids is 1. The van der Waals surface area contributed by atoms with Gasteiger partial charge in [0.2, 0.25) is 0 Å². The molecule has 34 heavy (non-hydrogen) atoms. The van der Waals surface area contributed by atoms with E-state index in [1.54, 1.807) is 12.3 Å². The number of aromatic nitrogens is 1. The van der Waals surface area contributed by atoms with E-state index < -0.39 is 5.97 Å². The SMILES string of the molecule is CCOC(=O)c1csc(CN(Cc2ccc(F)cc2)CC2c3ccc(-c4ccccc4)c2c3)n1. The van der Waals surface area contributed by atoms with Crippen LogP contribution in [0.25, 0.3) is 5.57 Å². The van der Waals surface area contributed by atoms with E-state index in [0.717, 1.165) is 17.1 Å². The van der Waals surface area contributed by atoms with Gasteiger partial charge in [-0.3, -0.25) is 4.90 Å². The summed E-state index contributed by atoms with van der Waals surface area (Å²) in [7, 11) is 0. The minimum absolute atomic E-state index is 0.240. The Labute approximate surface area is 202 Å². The Balaban J connectivity index is 1.35. The molecule has 3 aromatic rings. The Morgan fingerprint density at radius 3 is 2.62 bits per heavy atom. The zero-order chi connectivity index (χ0) is 23.5. The number of esters is 1. The molecule has 0 aliphatic heterocycles. The number of hydrogen-bond acceptors (Lipinski definition) is 5. The van der Waals surface area contributed by atoms with Gasteiger partial charge in [-0.05, 0) is 46.9 Å².